The molecule has 92 valence electrons. The Morgan fingerprint density at radius 2 is 2.00 bits per heavy atom. The molecule has 0 saturated heterocycles. The molecule has 2 N–H and O–H groups in total. The molecule has 1 amide bonds. The average molecular weight is 262 g/mol. The smallest absolute Gasteiger partial charge is 0.328 e. The summed E-state index contributed by atoms with van der Waals surface area (Å²) in [4.78, 5) is 22.7. The molecule has 0 fully saturated rings. The first kappa shape index (κ1) is 13.8. The molecule has 1 rings (SSSR count). The largest absolute Gasteiger partial charge is 0.478 e. The number of carboxylic acid groups (broad SMARTS) is 1. The first-order valence-electron chi connectivity index (χ1n) is 4.91. The number of rotatable bonds is 4. The number of nitriles is 1. The van der Waals surface area contributed by atoms with E-state index in [0.29, 0.717) is 5.69 Å². The lowest BCUT2D eigenvalue weighted by molar-refractivity contribution is -0.131. The highest BCUT2D eigenvalue weighted by molar-refractivity contribution is 8.03. The maximum absolute atomic E-state index is 11.6. The van der Waals surface area contributed by atoms with Crippen molar-refractivity contribution in [1.29, 1.82) is 5.26 Å². The van der Waals surface area contributed by atoms with E-state index in [0.717, 1.165) is 22.7 Å². The number of carbonyl (C=O) groups excluding carboxylic acids is 1. The van der Waals surface area contributed by atoms with Crippen molar-refractivity contribution in [3.05, 3.63) is 35.9 Å². The van der Waals surface area contributed by atoms with Crippen LogP contribution in [0.25, 0.3) is 0 Å². The minimum absolute atomic E-state index is 0.109. The third-order valence-electron chi connectivity index (χ3n) is 1.97. The Hall–Kier alpha value is -2.26. The van der Waals surface area contributed by atoms with Crippen molar-refractivity contribution in [1.82, 2.24) is 0 Å². The van der Waals surface area contributed by atoms with Crippen LogP contribution in [0.15, 0.2) is 40.8 Å². The van der Waals surface area contributed by atoms with Crippen LogP contribution in [0, 0.1) is 10.7 Å². The Morgan fingerprint density at radius 1 is 1.39 bits per heavy atom. The third kappa shape index (κ3) is 4.31. The summed E-state index contributed by atoms with van der Waals surface area (Å²) in [5.74, 6) is -1.64. The zero-order valence-electron chi connectivity index (χ0n) is 9.51. The van der Waals surface area contributed by atoms with Crippen LogP contribution in [0.4, 0.5) is 5.69 Å². The fraction of sp³-hybridized carbons (Fsp3) is 0.0833. The van der Waals surface area contributed by atoms with Gasteiger partial charge in [0.15, 0.2) is 0 Å². The lowest BCUT2D eigenvalue weighted by Gasteiger charge is -2.05. The molecule has 1 aromatic rings. The molecule has 0 atom stereocenters. The number of anilines is 1. The van der Waals surface area contributed by atoms with Crippen LogP contribution in [-0.4, -0.2) is 17.0 Å². The van der Waals surface area contributed by atoms with Gasteiger partial charge in [-0.05, 0) is 43.0 Å². The highest BCUT2D eigenvalue weighted by Gasteiger charge is 2.06. The Bertz CT molecular complexity index is 529. The van der Waals surface area contributed by atoms with Gasteiger partial charge in [0.2, 0.25) is 0 Å². The molecule has 6 heteroatoms. The van der Waals surface area contributed by atoms with Crippen molar-refractivity contribution in [2.24, 2.45) is 0 Å². The van der Waals surface area contributed by atoms with Crippen LogP contribution >= 0.6 is 11.8 Å². The highest BCUT2D eigenvalue weighted by Crippen LogP contribution is 2.19. The van der Waals surface area contributed by atoms with Crippen LogP contribution < -0.4 is 5.32 Å². The number of nitrogens with one attached hydrogen (secondary N) is 1. The van der Waals surface area contributed by atoms with E-state index >= 15 is 0 Å². The van der Waals surface area contributed by atoms with E-state index in [4.69, 9.17) is 10.4 Å². The van der Waals surface area contributed by atoms with Gasteiger partial charge in [-0.3, -0.25) is 4.79 Å². The molecule has 5 nitrogen and oxygen atoms in total. The van der Waals surface area contributed by atoms with Gasteiger partial charge in [0.25, 0.3) is 5.91 Å². The second-order valence-corrected chi connectivity index (χ2v) is 4.20. The van der Waals surface area contributed by atoms with Gasteiger partial charge < -0.3 is 10.4 Å². The van der Waals surface area contributed by atoms with Gasteiger partial charge in [0, 0.05) is 22.2 Å². The maximum atomic E-state index is 11.6. The Kier molecular flexibility index (Phi) is 4.96. The summed E-state index contributed by atoms with van der Waals surface area (Å²) in [6.07, 6.45) is 0.842. The number of hydrogen-bond donors (Lipinski definition) is 2. The number of hydrogen-bond acceptors (Lipinski definition) is 4. The first-order chi connectivity index (χ1) is 8.52. The van der Waals surface area contributed by atoms with Crippen LogP contribution in [0.5, 0.6) is 0 Å². The Balaban J connectivity index is 2.71. The standard InChI is InChI=1S/C12H10N2O3S/c1-8(6-11(15)16)12(17)14-9-2-4-10(5-3-9)18-7-13/h2-6H,1H3,(H,14,17)(H,15,16)/b8-6+. The fourth-order valence-electron chi connectivity index (χ4n) is 1.14. The van der Waals surface area contributed by atoms with E-state index in [-0.39, 0.29) is 5.57 Å². The van der Waals surface area contributed by atoms with Crippen molar-refractivity contribution in [3.8, 4) is 5.40 Å². The van der Waals surface area contributed by atoms with Gasteiger partial charge >= 0.3 is 5.97 Å². The van der Waals surface area contributed by atoms with E-state index in [1.54, 1.807) is 24.3 Å². The monoisotopic (exact) mass is 262 g/mol. The zero-order chi connectivity index (χ0) is 13.5. The van der Waals surface area contributed by atoms with Crippen molar-refractivity contribution in [2.45, 2.75) is 11.8 Å². The predicted molar refractivity (Wildman–Crippen MR) is 67.9 cm³/mol. The van der Waals surface area contributed by atoms with Crippen molar-refractivity contribution >= 4 is 29.3 Å². The van der Waals surface area contributed by atoms with E-state index in [2.05, 4.69) is 5.32 Å². The number of carboxylic acids is 1. The van der Waals surface area contributed by atoms with Crippen molar-refractivity contribution in [2.75, 3.05) is 5.32 Å². The molecule has 0 saturated carbocycles. The van der Waals surface area contributed by atoms with E-state index in [1.807, 2.05) is 5.40 Å². The lowest BCUT2D eigenvalue weighted by atomic mass is 10.2. The second kappa shape index (κ2) is 6.47. The predicted octanol–water partition coefficient (Wildman–Crippen LogP) is 2.23. The number of aliphatic carboxylic acids is 1. The molecular formula is C12H10N2O3S. The number of amides is 1. The van der Waals surface area contributed by atoms with Gasteiger partial charge in [-0.15, -0.1) is 0 Å². The molecule has 1 aromatic carbocycles. The topological polar surface area (TPSA) is 90.2 Å². The molecule has 0 aliphatic carbocycles. The quantitative estimate of drug-likeness (QED) is 0.493. The Morgan fingerprint density at radius 3 is 2.50 bits per heavy atom. The first-order valence-corrected chi connectivity index (χ1v) is 5.73. The van der Waals surface area contributed by atoms with Crippen molar-refractivity contribution < 1.29 is 14.7 Å². The van der Waals surface area contributed by atoms with Gasteiger partial charge in [-0.1, -0.05) is 0 Å². The van der Waals surface area contributed by atoms with Gasteiger partial charge in [0.05, 0.1) is 0 Å². The zero-order valence-corrected chi connectivity index (χ0v) is 10.3. The summed E-state index contributed by atoms with van der Waals surface area (Å²) in [6, 6.07) is 6.68. The summed E-state index contributed by atoms with van der Waals surface area (Å²) in [5.41, 5.74) is 0.651. The summed E-state index contributed by atoms with van der Waals surface area (Å²) in [5, 5.41) is 21.5. The highest BCUT2D eigenvalue weighted by atomic mass is 32.2. The molecular weight excluding hydrogens is 252 g/mol. The molecule has 0 aliphatic rings. The number of thiocyanates is 1. The third-order valence-corrected chi connectivity index (χ3v) is 2.57. The molecule has 0 bridgehead atoms. The van der Waals surface area contributed by atoms with Crippen LogP contribution in [-0.2, 0) is 9.59 Å². The molecule has 0 aromatic heterocycles. The number of nitrogens with zero attached hydrogens (tertiary/aromatic N) is 1. The number of carbonyl (C=O) groups is 2. The Labute approximate surface area is 108 Å². The molecule has 0 aliphatic heterocycles. The summed E-state index contributed by atoms with van der Waals surface area (Å²) >= 11 is 1.02. The average Bonchev–Trinajstić information content (AvgIpc) is 2.31. The molecule has 0 spiro atoms. The molecule has 0 radical (unpaired) electrons. The minimum Gasteiger partial charge on any atom is -0.478 e. The van der Waals surface area contributed by atoms with E-state index < -0.39 is 11.9 Å². The van der Waals surface area contributed by atoms with E-state index in [9.17, 15) is 9.59 Å². The van der Waals surface area contributed by atoms with Crippen LogP contribution in [0.2, 0.25) is 0 Å². The van der Waals surface area contributed by atoms with Gasteiger partial charge in [0.1, 0.15) is 5.40 Å². The fourth-order valence-corrected chi connectivity index (χ4v) is 1.52. The number of benzene rings is 1. The molecule has 0 heterocycles. The summed E-state index contributed by atoms with van der Waals surface area (Å²) in [7, 11) is 0. The van der Waals surface area contributed by atoms with Gasteiger partial charge in [-0.25, -0.2) is 4.79 Å². The van der Waals surface area contributed by atoms with Crippen LogP contribution in [0.1, 0.15) is 6.92 Å². The summed E-state index contributed by atoms with van der Waals surface area (Å²) < 4.78 is 0. The normalized spacial score (nSPS) is 10.6. The van der Waals surface area contributed by atoms with Gasteiger partial charge in [-0.2, -0.15) is 5.26 Å². The summed E-state index contributed by atoms with van der Waals surface area (Å²) in [6.45, 7) is 1.42. The molecule has 0 unspecified atom stereocenters. The second-order valence-electron chi connectivity index (χ2n) is 3.34. The maximum Gasteiger partial charge on any atom is 0.328 e. The number of thioether (sulfide) groups is 1. The lowest BCUT2D eigenvalue weighted by Crippen LogP contribution is -2.13. The minimum atomic E-state index is -1.16. The molecule has 18 heavy (non-hydrogen) atoms. The van der Waals surface area contributed by atoms with Crippen molar-refractivity contribution in [3.63, 3.8) is 0 Å². The SMILES string of the molecule is C/C(=C\C(=O)O)C(=O)Nc1ccc(SC#N)cc1. The van der Waals surface area contributed by atoms with E-state index in [1.165, 1.54) is 6.92 Å². The van der Waals surface area contributed by atoms with Crippen LogP contribution in [0.3, 0.4) is 0 Å².